The highest BCUT2D eigenvalue weighted by molar-refractivity contribution is 7.91. The first-order valence-electron chi connectivity index (χ1n) is 9.71. The molecule has 1 aromatic rings. The molecule has 2 rings (SSSR count). The van der Waals surface area contributed by atoms with E-state index in [9.17, 15) is 25.6 Å². The van der Waals surface area contributed by atoms with Crippen LogP contribution in [0.15, 0.2) is 46.2 Å². The van der Waals surface area contributed by atoms with Gasteiger partial charge in [0.05, 0.1) is 11.4 Å². The number of sulfone groups is 1. The number of rotatable bonds is 5. The van der Waals surface area contributed by atoms with Crippen LogP contribution in [-0.2, 0) is 19.9 Å². The third kappa shape index (κ3) is 6.20. The molecule has 3 N–H and O–H groups in total. The Labute approximate surface area is 180 Å². The molecule has 1 aliphatic rings. The van der Waals surface area contributed by atoms with E-state index in [1.807, 2.05) is 30.4 Å². The van der Waals surface area contributed by atoms with Crippen molar-refractivity contribution in [2.24, 2.45) is 5.14 Å². The molecule has 0 fully saturated rings. The summed E-state index contributed by atoms with van der Waals surface area (Å²) in [5.74, 6) is -6.58. The average molecular weight is 479 g/mol. The highest BCUT2D eigenvalue weighted by atomic mass is 32.2. The zero-order chi connectivity index (χ0) is 23.2. The van der Waals surface area contributed by atoms with Gasteiger partial charge in [0.25, 0.3) is 0 Å². The maximum Gasteiger partial charge on any atom is 0.244 e. The first-order chi connectivity index (χ1) is 14.5. The van der Waals surface area contributed by atoms with Crippen LogP contribution in [0, 0.1) is 17.5 Å². The lowest BCUT2D eigenvalue weighted by molar-refractivity contribution is 0.441. The molecule has 1 atom stereocenters. The molecule has 0 heterocycles. The lowest BCUT2D eigenvalue weighted by Gasteiger charge is -2.21. The lowest BCUT2D eigenvalue weighted by Crippen LogP contribution is -2.25. The minimum Gasteiger partial charge on any atom is -0.375 e. The van der Waals surface area contributed by atoms with Crippen LogP contribution in [0.1, 0.15) is 39.0 Å². The molecule has 0 radical (unpaired) electrons. The average Bonchev–Trinajstić information content (AvgIpc) is 2.67. The zero-order valence-electron chi connectivity index (χ0n) is 16.9. The monoisotopic (exact) mass is 478 g/mol. The number of primary sulfonamides is 1. The third-order valence-electron chi connectivity index (χ3n) is 4.68. The van der Waals surface area contributed by atoms with Crippen LogP contribution >= 0.6 is 0 Å². The van der Waals surface area contributed by atoms with Gasteiger partial charge in [0.15, 0.2) is 32.2 Å². The highest BCUT2D eigenvalue weighted by Gasteiger charge is 2.36. The molecule has 0 bridgehead atoms. The van der Waals surface area contributed by atoms with Gasteiger partial charge in [-0.2, -0.15) is 0 Å². The van der Waals surface area contributed by atoms with Gasteiger partial charge in [0, 0.05) is 6.04 Å². The summed E-state index contributed by atoms with van der Waals surface area (Å²) in [7, 11) is -9.47. The Morgan fingerprint density at radius 3 is 2.13 bits per heavy atom. The molecule has 0 saturated heterocycles. The van der Waals surface area contributed by atoms with Crippen molar-refractivity contribution in [2.45, 2.75) is 54.9 Å². The molecule has 0 saturated carbocycles. The molecular formula is C20H25F3N2O4S2. The van der Waals surface area contributed by atoms with Crippen LogP contribution in [0.2, 0.25) is 0 Å². The third-order valence-corrected chi connectivity index (χ3v) is 7.37. The summed E-state index contributed by atoms with van der Waals surface area (Å²) in [6.45, 7) is 1.18. The summed E-state index contributed by atoms with van der Waals surface area (Å²) in [5.41, 5.74) is -0.949. The van der Waals surface area contributed by atoms with Crippen molar-refractivity contribution in [2.75, 3.05) is 11.1 Å². The Balaban J connectivity index is 2.65. The van der Waals surface area contributed by atoms with Crippen molar-refractivity contribution in [1.29, 1.82) is 0 Å². The summed E-state index contributed by atoms with van der Waals surface area (Å²) in [6.07, 6.45) is 14.3. The summed E-state index contributed by atoms with van der Waals surface area (Å²) < 4.78 is 92.4. The maximum absolute atomic E-state index is 15.1. The molecule has 11 heteroatoms. The largest absolute Gasteiger partial charge is 0.375 e. The van der Waals surface area contributed by atoms with E-state index < -0.39 is 64.6 Å². The van der Waals surface area contributed by atoms with Crippen LogP contribution in [0.25, 0.3) is 0 Å². The molecular weight excluding hydrogens is 453 g/mol. The van der Waals surface area contributed by atoms with Crippen molar-refractivity contribution in [1.82, 2.24) is 0 Å². The number of nitrogens with two attached hydrogens (primary N) is 1. The van der Waals surface area contributed by atoms with Crippen molar-refractivity contribution in [3.63, 3.8) is 0 Å². The number of sulfonamides is 1. The number of hydrogen-bond donors (Lipinski definition) is 2. The second-order valence-electron chi connectivity index (χ2n) is 6.97. The first kappa shape index (κ1) is 25.2. The van der Waals surface area contributed by atoms with Gasteiger partial charge in [-0.3, -0.25) is 0 Å². The summed E-state index contributed by atoms with van der Waals surface area (Å²) in [5, 5.41) is 7.43. The standard InChI is InChI=1S/C20H25F3N2O4S2/c1-2-30(26,27)20-16(22)15(21)19(31(24,28)29)17(23)18(20)25-14-12-10-8-6-4-3-5-7-9-11-13-14/h3-4,6,8,11,13-14,25H,2,5,7,9-10,12H2,1H3,(H2,24,28,29)/b4-3-,8-6-,13-11+/t14-/m1/s1. The molecule has 1 aliphatic carbocycles. The van der Waals surface area contributed by atoms with Crippen LogP contribution in [0.3, 0.4) is 0 Å². The van der Waals surface area contributed by atoms with Crippen LogP contribution in [-0.4, -0.2) is 28.6 Å². The fourth-order valence-corrected chi connectivity index (χ4v) is 4.88. The lowest BCUT2D eigenvalue weighted by atomic mass is 10.1. The molecule has 172 valence electrons. The Bertz CT molecular complexity index is 1110. The first-order valence-corrected chi connectivity index (χ1v) is 12.9. The summed E-state index contributed by atoms with van der Waals surface area (Å²) in [4.78, 5) is -2.97. The van der Waals surface area contributed by atoms with E-state index >= 15 is 4.39 Å². The molecule has 1 aromatic carbocycles. The number of anilines is 1. The Morgan fingerprint density at radius 2 is 1.52 bits per heavy atom. The van der Waals surface area contributed by atoms with Gasteiger partial charge >= 0.3 is 0 Å². The summed E-state index contributed by atoms with van der Waals surface area (Å²) in [6, 6.07) is -0.674. The van der Waals surface area contributed by atoms with E-state index in [1.165, 1.54) is 6.92 Å². The van der Waals surface area contributed by atoms with Crippen LogP contribution in [0.4, 0.5) is 18.9 Å². The number of benzene rings is 1. The van der Waals surface area contributed by atoms with Gasteiger partial charge in [-0.1, -0.05) is 43.4 Å². The molecule has 0 spiro atoms. The van der Waals surface area contributed by atoms with E-state index in [2.05, 4.69) is 5.32 Å². The van der Waals surface area contributed by atoms with Crippen molar-refractivity contribution in [3.05, 3.63) is 53.9 Å². The molecule has 31 heavy (non-hydrogen) atoms. The fourth-order valence-electron chi connectivity index (χ4n) is 3.08. The van der Waals surface area contributed by atoms with Gasteiger partial charge in [-0.05, 0) is 32.1 Å². The van der Waals surface area contributed by atoms with Crippen molar-refractivity contribution >= 4 is 25.5 Å². The normalized spacial score (nSPS) is 21.5. The Kier molecular flexibility index (Phi) is 8.49. The number of hydrogen-bond acceptors (Lipinski definition) is 5. The number of halogens is 3. The molecule has 0 aliphatic heterocycles. The second-order valence-corrected chi connectivity index (χ2v) is 10.7. The van der Waals surface area contributed by atoms with E-state index in [0.29, 0.717) is 19.3 Å². The van der Waals surface area contributed by atoms with E-state index in [4.69, 9.17) is 5.14 Å². The van der Waals surface area contributed by atoms with E-state index in [0.717, 1.165) is 12.8 Å². The summed E-state index contributed by atoms with van der Waals surface area (Å²) >= 11 is 0. The fraction of sp³-hybridized carbons (Fsp3) is 0.400. The molecule has 0 aromatic heterocycles. The quantitative estimate of drug-likeness (QED) is 0.492. The highest BCUT2D eigenvalue weighted by Crippen LogP contribution is 2.36. The Hall–Kier alpha value is -2.11. The van der Waals surface area contributed by atoms with E-state index in [1.54, 1.807) is 6.08 Å². The van der Waals surface area contributed by atoms with Gasteiger partial charge in [0.2, 0.25) is 10.0 Å². The predicted molar refractivity (Wildman–Crippen MR) is 113 cm³/mol. The van der Waals surface area contributed by atoms with Gasteiger partial charge in [-0.25, -0.2) is 35.1 Å². The smallest absolute Gasteiger partial charge is 0.244 e. The molecule has 6 nitrogen and oxygen atoms in total. The number of nitrogens with one attached hydrogen (secondary N) is 1. The molecule has 0 amide bonds. The SMILES string of the molecule is CCS(=O)(=O)c1c(F)c(F)c(S(N)(=O)=O)c(F)c1N[C@H]1/C=C/CCC/C=C\C=C/CC1. The van der Waals surface area contributed by atoms with E-state index in [-0.39, 0.29) is 0 Å². The Morgan fingerprint density at radius 1 is 0.935 bits per heavy atom. The minimum absolute atomic E-state index is 0.357. The van der Waals surface area contributed by atoms with Gasteiger partial charge in [0.1, 0.15) is 4.90 Å². The van der Waals surface area contributed by atoms with Gasteiger partial charge in [-0.15, -0.1) is 0 Å². The maximum atomic E-state index is 15.1. The minimum atomic E-state index is -5.01. The molecule has 0 unspecified atom stereocenters. The number of allylic oxidation sites excluding steroid dienone is 5. The predicted octanol–water partition coefficient (Wildman–Crippen LogP) is 3.96. The van der Waals surface area contributed by atoms with Crippen molar-refractivity contribution in [3.8, 4) is 0 Å². The van der Waals surface area contributed by atoms with Crippen molar-refractivity contribution < 1.29 is 30.0 Å². The zero-order valence-corrected chi connectivity index (χ0v) is 18.6. The van der Waals surface area contributed by atoms with Gasteiger partial charge < -0.3 is 5.32 Å². The second kappa shape index (κ2) is 10.5. The van der Waals surface area contributed by atoms with Crippen LogP contribution in [0.5, 0.6) is 0 Å². The van der Waals surface area contributed by atoms with Crippen LogP contribution < -0.4 is 10.5 Å². The topological polar surface area (TPSA) is 106 Å².